The Morgan fingerprint density at radius 2 is 2.14 bits per heavy atom. The van der Waals surface area contributed by atoms with Crippen LogP contribution in [0.3, 0.4) is 0 Å². The van der Waals surface area contributed by atoms with E-state index in [9.17, 15) is 4.79 Å². The summed E-state index contributed by atoms with van der Waals surface area (Å²) in [6.45, 7) is 3.72. The molecule has 5 heteroatoms. The van der Waals surface area contributed by atoms with Gasteiger partial charge in [-0.25, -0.2) is 9.97 Å². The Hall–Kier alpha value is -1.65. The second-order valence-electron chi connectivity index (χ2n) is 6.75. The minimum absolute atomic E-state index is 0.0644. The summed E-state index contributed by atoms with van der Waals surface area (Å²) in [7, 11) is 0. The highest BCUT2D eigenvalue weighted by Crippen LogP contribution is 2.41. The van der Waals surface area contributed by atoms with Gasteiger partial charge in [-0.3, -0.25) is 4.79 Å². The van der Waals surface area contributed by atoms with E-state index in [1.807, 2.05) is 0 Å². The van der Waals surface area contributed by atoms with Gasteiger partial charge in [-0.1, -0.05) is 13.3 Å². The van der Waals surface area contributed by atoms with E-state index in [1.165, 1.54) is 30.5 Å². The molecule has 0 bridgehead atoms. The minimum Gasteiger partial charge on any atom is -0.353 e. The van der Waals surface area contributed by atoms with Crippen molar-refractivity contribution in [2.75, 3.05) is 18.0 Å². The van der Waals surface area contributed by atoms with Crippen molar-refractivity contribution in [3.63, 3.8) is 0 Å². The lowest BCUT2D eigenvalue weighted by molar-refractivity contribution is -0.123. The Kier molecular flexibility index (Phi) is 3.51. The van der Waals surface area contributed by atoms with E-state index in [0.29, 0.717) is 5.92 Å². The molecule has 2 aliphatic carbocycles. The molecule has 0 radical (unpaired) electrons. The van der Waals surface area contributed by atoms with Crippen LogP contribution in [-0.4, -0.2) is 35.0 Å². The fourth-order valence-corrected chi connectivity index (χ4v) is 3.72. The maximum Gasteiger partial charge on any atom is 0.242 e. The zero-order valence-corrected chi connectivity index (χ0v) is 13.3. The molecule has 118 valence electrons. The van der Waals surface area contributed by atoms with Gasteiger partial charge in [-0.2, -0.15) is 0 Å². The van der Waals surface area contributed by atoms with Crippen molar-refractivity contribution in [3.05, 3.63) is 17.1 Å². The van der Waals surface area contributed by atoms with E-state index in [2.05, 4.69) is 17.1 Å². The lowest BCUT2D eigenvalue weighted by Crippen LogP contribution is -2.56. The van der Waals surface area contributed by atoms with E-state index in [1.54, 1.807) is 0 Å². The Morgan fingerprint density at radius 3 is 2.91 bits per heavy atom. The normalized spacial score (nSPS) is 24.3. The number of nitrogens with one attached hydrogen (secondary N) is 1. The third-order valence-corrected chi connectivity index (χ3v) is 5.04. The molecule has 1 atom stereocenters. The molecule has 1 aromatic rings. The molecule has 1 amide bonds. The molecule has 1 N–H and O–H groups in total. The quantitative estimate of drug-likeness (QED) is 0.923. The second-order valence-corrected chi connectivity index (χ2v) is 6.75. The third kappa shape index (κ3) is 2.36. The van der Waals surface area contributed by atoms with Crippen LogP contribution >= 0.6 is 0 Å². The summed E-state index contributed by atoms with van der Waals surface area (Å²) in [5, 5.41) is 3.01. The van der Waals surface area contributed by atoms with Gasteiger partial charge in [0.1, 0.15) is 17.7 Å². The average Bonchev–Trinajstić information content (AvgIpc) is 3.26. The van der Waals surface area contributed by atoms with Gasteiger partial charge in [0.2, 0.25) is 5.91 Å². The summed E-state index contributed by atoms with van der Waals surface area (Å²) in [6, 6.07) is -0.0644. The van der Waals surface area contributed by atoms with Crippen LogP contribution in [0.5, 0.6) is 0 Å². The topological polar surface area (TPSA) is 58.1 Å². The number of hydrogen-bond acceptors (Lipinski definition) is 4. The lowest BCUT2D eigenvalue weighted by atomic mass is 10.1. The number of aromatic nitrogens is 2. The van der Waals surface area contributed by atoms with Gasteiger partial charge in [0, 0.05) is 30.3 Å². The van der Waals surface area contributed by atoms with Gasteiger partial charge >= 0.3 is 0 Å². The summed E-state index contributed by atoms with van der Waals surface area (Å²) >= 11 is 0. The van der Waals surface area contributed by atoms with Crippen LogP contribution in [0.15, 0.2) is 0 Å². The zero-order valence-electron chi connectivity index (χ0n) is 13.3. The molecular formula is C17H24N4O. The predicted molar refractivity (Wildman–Crippen MR) is 85.1 cm³/mol. The molecule has 2 fully saturated rings. The van der Waals surface area contributed by atoms with E-state index in [-0.39, 0.29) is 11.9 Å². The van der Waals surface area contributed by atoms with E-state index in [0.717, 1.165) is 50.4 Å². The molecule has 0 spiro atoms. The van der Waals surface area contributed by atoms with Crippen molar-refractivity contribution in [1.82, 2.24) is 15.3 Å². The summed E-state index contributed by atoms with van der Waals surface area (Å²) in [6.07, 6.45) is 7.65. The zero-order chi connectivity index (χ0) is 15.1. The third-order valence-electron chi connectivity index (χ3n) is 5.04. The number of rotatable bonds is 4. The highest BCUT2D eigenvalue weighted by Gasteiger charge is 2.35. The van der Waals surface area contributed by atoms with Crippen molar-refractivity contribution in [1.29, 1.82) is 0 Å². The Morgan fingerprint density at radius 1 is 1.27 bits per heavy atom. The van der Waals surface area contributed by atoms with Crippen molar-refractivity contribution in [2.45, 2.75) is 63.8 Å². The summed E-state index contributed by atoms with van der Waals surface area (Å²) in [4.78, 5) is 24.3. The van der Waals surface area contributed by atoms with Crippen molar-refractivity contribution < 1.29 is 4.79 Å². The van der Waals surface area contributed by atoms with Crippen molar-refractivity contribution in [2.24, 2.45) is 0 Å². The number of fused-ring (bicyclic) bond motifs is 1. The van der Waals surface area contributed by atoms with E-state index in [4.69, 9.17) is 9.97 Å². The first-order valence-electron chi connectivity index (χ1n) is 8.72. The van der Waals surface area contributed by atoms with Crippen LogP contribution in [0.1, 0.15) is 62.0 Å². The molecular weight excluding hydrogens is 276 g/mol. The Labute approximate surface area is 131 Å². The number of aryl methyl sites for hydroxylation is 1. The average molecular weight is 300 g/mol. The van der Waals surface area contributed by atoms with Gasteiger partial charge in [0.05, 0.1) is 0 Å². The van der Waals surface area contributed by atoms with Crippen molar-refractivity contribution in [3.8, 4) is 0 Å². The first-order chi connectivity index (χ1) is 10.8. The summed E-state index contributed by atoms with van der Waals surface area (Å²) < 4.78 is 0. The molecule has 5 nitrogen and oxygen atoms in total. The largest absolute Gasteiger partial charge is 0.353 e. The number of amides is 1. The number of hydrogen-bond donors (Lipinski definition) is 1. The Bertz CT molecular complexity index is 597. The maximum absolute atomic E-state index is 12.3. The number of nitrogens with zero attached hydrogens (tertiary/aromatic N) is 3. The molecule has 0 unspecified atom stereocenters. The van der Waals surface area contributed by atoms with E-state index >= 15 is 0 Å². The van der Waals surface area contributed by atoms with Gasteiger partial charge in [0.25, 0.3) is 0 Å². The monoisotopic (exact) mass is 300 g/mol. The van der Waals surface area contributed by atoms with Gasteiger partial charge in [-0.15, -0.1) is 0 Å². The van der Waals surface area contributed by atoms with Crippen LogP contribution in [0.4, 0.5) is 5.82 Å². The summed E-state index contributed by atoms with van der Waals surface area (Å²) in [5.41, 5.74) is 2.55. The van der Waals surface area contributed by atoms with E-state index < -0.39 is 0 Å². The standard InChI is InChI=1S/C17H24N4O/c1-2-4-14-17(22)18-9-10-21(14)16-12-5-3-6-13(12)19-15(20-16)11-7-8-11/h11,14H,2-10H2,1H3,(H,18,22)/t14-/m1/s1. The smallest absolute Gasteiger partial charge is 0.242 e. The second kappa shape index (κ2) is 5.52. The summed E-state index contributed by atoms with van der Waals surface area (Å²) in [5.74, 6) is 2.81. The maximum atomic E-state index is 12.3. The molecule has 1 saturated heterocycles. The first kappa shape index (κ1) is 14.0. The Balaban J connectivity index is 1.75. The molecule has 3 aliphatic rings. The molecule has 2 heterocycles. The van der Waals surface area contributed by atoms with Crippen LogP contribution in [0.25, 0.3) is 0 Å². The molecule has 1 aromatic heterocycles. The number of anilines is 1. The van der Waals surface area contributed by atoms with Crippen LogP contribution < -0.4 is 10.2 Å². The highest BCUT2D eigenvalue weighted by atomic mass is 16.2. The number of piperazine rings is 1. The van der Waals surface area contributed by atoms with Crippen LogP contribution in [0.2, 0.25) is 0 Å². The van der Waals surface area contributed by atoms with Crippen LogP contribution in [-0.2, 0) is 17.6 Å². The van der Waals surface area contributed by atoms with Gasteiger partial charge in [0.15, 0.2) is 0 Å². The minimum atomic E-state index is -0.0644. The van der Waals surface area contributed by atoms with Crippen molar-refractivity contribution >= 4 is 11.7 Å². The number of carbonyl (C=O) groups is 1. The molecule has 1 aliphatic heterocycles. The van der Waals surface area contributed by atoms with Crippen LogP contribution in [0, 0.1) is 0 Å². The fraction of sp³-hybridized carbons (Fsp3) is 0.706. The molecule has 4 rings (SSSR count). The lowest BCUT2D eigenvalue weighted by Gasteiger charge is -2.37. The number of carbonyl (C=O) groups excluding carboxylic acids is 1. The van der Waals surface area contributed by atoms with Gasteiger partial charge in [-0.05, 0) is 38.5 Å². The molecule has 1 saturated carbocycles. The molecule has 22 heavy (non-hydrogen) atoms. The predicted octanol–water partition coefficient (Wildman–Crippen LogP) is 1.95. The fourth-order valence-electron chi connectivity index (χ4n) is 3.72. The molecule has 0 aromatic carbocycles. The highest BCUT2D eigenvalue weighted by molar-refractivity contribution is 5.86. The SMILES string of the molecule is CCC[C@@H]1C(=O)NCCN1c1nc(C2CC2)nc2c1CCC2. The van der Waals surface area contributed by atoms with Gasteiger partial charge < -0.3 is 10.2 Å². The first-order valence-corrected chi connectivity index (χ1v) is 8.72.